The normalized spacial score (nSPS) is 15.4. The van der Waals surface area contributed by atoms with E-state index in [1.807, 2.05) is 54.6 Å². The molecule has 0 bridgehead atoms. The molecule has 1 aliphatic heterocycles. The Morgan fingerprint density at radius 2 is 1.76 bits per heavy atom. The van der Waals surface area contributed by atoms with Crippen molar-refractivity contribution in [2.45, 2.75) is 19.3 Å². The second kappa shape index (κ2) is 10.6. The molecule has 0 aromatic heterocycles. The highest BCUT2D eigenvalue weighted by Gasteiger charge is 2.30. The molecule has 1 aliphatic rings. The van der Waals surface area contributed by atoms with Crippen molar-refractivity contribution in [1.82, 2.24) is 5.32 Å². The lowest BCUT2D eigenvalue weighted by molar-refractivity contribution is -0.145. The fourth-order valence-electron chi connectivity index (χ4n) is 3.60. The van der Waals surface area contributed by atoms with E-state index in [9.17, 15) is 14.7 Å². The molecule has 1 fully saturated rings. The van der Waals surface area contributed by atoms with Crippen molar-refractivity contribution in [2.75, 3.05) is 26.4 Å². The van der Waals surface area contributed by atoms with Gasteiger partial charge in [-0.1, -0.05) is 48.5 Å². The Labute approximate surface area is 170 Å². The standard InChI is InChI=1S/C23H27NO5/c25-22(24-15-20(23(26)27)18-10-12-28-13-11-18)16-29-21-9-5-4-8-19(21)14-17-6-2-1-3-7-17/h1-9,18,20H,10-16H2,(H,24,25)(H,26,27). The first-order valence-electron chi connectivity index (χ1n) is 9.95. The minimum Gasteiger partial charge on any atom is -0.483 e. The first-order valence-corrected chi connectivity index (χ1v) is 9.95. The highest BCUT2D eigenvalue weighted by atomic mass is 16.5. The molecule has 1 saturated heterocycles. The Morgan fingerprint density at radius 1 is 1.07 bits per heavy atom. The zero-order valence-corrected chi connectivity index (χ0v) is 16.4. The van der Waals surface area contributed by atoms with Gasteiger partial charge in [0.1, 0.15) is 5.75 Å². The van der Waals surface area contributed by atoms with Gasteiger partial charge in [-0.3, -0.25) is 9.59 Å². The fraction of sp³-hybridized carbons (Fsp3) is 0.391. The maximum Gasteiger partial charge on any atom is 0.308 e. The molecule has 0 spiro atoms. The molecule has 2 aromatic rings. The molecule has 0 aliphatic carbocycles. The molecule has 0 saturated carbocycles. The van der Waals surface area contributed by atoms with E-state index in [4.69, 9.17) is 9.47 Å². The van der Waals surface area contributed by atoms with Crippen LogP contribution in [-0.4, -0.2) is 43.3 Å². The minimum absolute atomic E-state index is 0.0223. The molecule has 0 radical (unpaired) electrons. The molecule has 2 aromatic carbocycles. The highest BCUT2D eigenvalue weighted by Crippen LogP contribution is 2.24. The minimum atomic E-state index is -0.883. The van der Waals surface area contributed by atoms with Gasteiger partial charge >= 0.3 is 5.97 Å². The summed E-state index contributed by atoms with van der Waals surface area (Å²) in [6.07, 6.45) is 2.12. The van der Waals surface area contributed by atoms with Gasteiger partial charge in [0, 0.05) is 26.2 Å². The lowest BCUT2D eigenvalue weighted by atomic mass is 9.86. The number of carboxylic acids is 1. The summed E-state index contributed by atoms with van der Waals surface area (Å²) < 4.78 is 11.0. The van der Waals surface area contributed by atoms with Crippen molar-refractivity contribution in [3.63, 3.8) is 0 Å². The predicted molar refractivity (Wildman–Crippen MR) is 109 cm³/mol. The van der Waals surface area contributed by atoms with E-state index in [1.165, 1.54) is 0 Å². The zero-order chi connectivity index (χ0) is 20.5. The predicted octanol–water partition coefficient (Wildman–Crippen LogP) is 2.90. The van der Waals surface area contributed by atoms with Gasteiger partial charge < -0.3 is 19.9 Å². The highest BCUT2D eigenvalue weighted by molar-refractivity contribution is 5.78. The summed E-state index contributed by atoms with van der Waals surface area (Å²) >= 11 is 0. The van der Waals surface area contributed by atoms with Crippen molar-refractivity contribution in [3.8, 4) is 5.75 Å². The van der Waals surface area contributed by atoms with E-state index in [1.54, 1.807) is 0 Å². The fourth-order valence-corrected chi connectivity index (χ4v) is 3.60. The molecule has 2 N–H and O–H groups in total. The van der Waals surface area contributed by atoms with Crippen molar-refractivity contribution in [1.29, 1.82) is 0 Å². The molecule has 6 heteroatoms. The number of para-hydroxylation sites is 1. The van der Waals surface area contributed by atoms with Crippen LogP contribution in [0.3, 0.4) is 0 Å². The van der Waals surface area contributed by atoms with Gasteiger partial charge in [-0.25, -0.2) is 0 Å². The van der Waals surface area contributed by atoms with Crippen LogP contribution in [0.5, 0.6) is 5.75 Å². The van der Waals surface area contributed by atoms with Crippen LogP contribution in [0.2, 0.25) is 0 Å². The Kier molecular flexibility index (Phi) is 7.64. The van der Waals surface area contributed by atoms with Gasteiger partial charge in [-0.15, -0.1) is 0 Å². The van der Waals surface area contributed by atoms with Gasteiger partial charge in [0.05, 0.1) is 5.92 Å². The van der Waals surface area contributed by atoms with Crippen LogP contribution < -0.4 is 10.1 Å². The Balaban J connectivity index is 1.52. The van der Waals surface area contributed by atoms with Crippen LogP contribution in [0.15, 0.2) is 54.6 Å². The van der Waals surface area contributed by atoms with Crippen molar-refractivity contribution in [3.05, 3.63) is 65.7 Å². The van der Waals surface area contributed by atoms with Crippen LogP contribution in [0, 0.1) is 11.8 Å². The van der Waals surface area contributed by atoms with Gasteiger partial charge in [-0.2, -0.15) is 0 Å². The summed E-state index contributed by atoms with van der Waals surface area (Å²) in [5.74, 6) is -1.13. The molecule has 1 unspecified atom stereocenters. The van der Waals surface area contributed by atoms with Crippen LogP contribution in [0.1, 0.15) is 24.0 Å². The number of carbonyl (C=O) groups excluding carboxylic acids is 1. The van der Waals surface area contributed by atoms with Gasteiger partial charge in [0.15, 0.2) is 6.61 Å². The lowest BCUT2D eigenvalue weighted by Crippen LogP contribution is -2.40. The Bertz CT molecular complexity index is 802. The summed E-state index contributed by atoms with van der Waals surface area (Å²) in [5, 5.41) is 12.2. The second-order valence-corrected chi connectivity index (χ2v) is 7.26. The van der Waals surface area contributed by atoms with Crippen molar-refractivity contribution in [2.24, 2.45) is 11.8 Å². The van der Waals surface area contributed by atoms with Crippen molar-refractivity contribution >= 4 is 11.9 Å². The SMILES string of the molecule is O=C(COc1ccccc1Cc1ccccc1)NCC(C(=O)O)C1CCOCC1. The molecule has 1 heterocycles. The number of aliphatic carboxylic acids is 1. The third-order valence-electron chi connectivity index (χ3n) is 5.24. The maximum absolute atomic E-state index is 12.2. The second-order valence-electron chi connectivity index (χ2n) is 7.26. The monoisotopic (exact) mass is 397 g/mol. The largest absolute Gasteiger partial charge is 0.483 e. The summed E-state index contributed by atoms with van der Waals surface area (Å²) in [6, 6.07) is 17.7. The molecule has 1 atom stereocenters. The molecular formula is C23H27NO5. The van der Waals surface area contributed by atoms with Gasteiger partial charge in [0.2, 0.25) is 0 Å². The Morgan fingerprint density at radius 3 is 2.48 bits per heavy atom. The first kappa shape index (κ1) is 20.9. The first-order chi connectivity index (χ1) is 14.1. The van der Waals surface area contributed by atoms with Gasteiger partial charge in [0.25, 0.3) is 5.91 Å². The smallest absolute Gasteiger partial charge is 0.308 e. The van der Waals surface area contributed by atoms with E-state index in [-0.39, 0.29) is 25.0 Å². The number of ether oxygens (including phenoxy) is 2. The maximum atomic E-state index is 12.2. The number of nitrogens with one attached hydrogen (secondary N) is 1. The summed E-state index contributed by atoms with van der Waals surface area (Å²) in [4.78, 5) is 23.8. The number of rotatable bonds is 9. The lowest BCUT2D eigenvalue weighted by Gasteiger charge is -2.27. The number of hydrogen-bond donors (Lipinski definition) is 2. The average molecular weight is 397 g/mol. The van der Waals surface area contributed by atoms with Crippen molar-refractivity contribution < 1.29 is 24.2 Å². The van der Waals surface area contributed by atoms with E-state index in [2.05, 4.69) is 5.32 Å². The summed E-state index contributed by atoms with van der Waals surface area (Å²) in [6.45, 7) is 1.10. The third-order valence-corrected chi connectivity index (χ3v) is 5.24. The van der Waals surface area contributed by atoms with Crippen LogP contribution in [-0.2, 0) is 20.7 Å². The molecule has 6 nitrogen and oxygen atoms in total. The van der Waals surface area contributed by atoms with E-state index in [0.29, 0.717) is 38.2 Å². The molecule has 1 amide bonds. The Hall–Kier alpha value is -2.86. The number of hydrogen-bond acceptors (Lipinski definition) is 4. The van der Waals surface area contributed by atoms with Crippen LogP contribution in [0.4, 0.5) is 0 Å². The number of benzene rings is 2. The summed E-state index contributed by atoms with van der Waals surface area (Å²) in [5.41, 5.74) is 2.16. The number of amides is 1. The average Bonchev–Trinajstić information content (AvgIpc) is 2.74. The van der Waals surface area contributed by atoms with Gasteiger partial charge in [-0.05, 0) is 36.0 Å². The molecular weight excluding hydrogens is 370 g/mol. The number of carbonyl (C=O) groups is 2. The zero-order valence-electron chi connectivity index (χ0n) is 16.4. The van der Waals surface area contributed by atoms with E-state index in [0.717, 1.165) is 11.1 Å². The summed E-state index contributed by atoms with van der Waals surface area (Å²) in [7, 11) is 0. The van der Waals surface area contributed by atoms with E-state index >= 15 is 0 Å². The molecule has 29 heavy (non-hydrogen) atoms. The van der Waals surface area contributed by atoms with E-state index < -0.39 is 11.9 Å². The van der Waals surface area contributed by atoms with Crippen LogP contribution in [0.25, 0.3) is 0 Å². The topological polar surface area (TPSA) is 84.9 Å². The molecule has 154 valence electrons. The number of carboxylic acid groups (broad SMARTS) is 1. The molecule has 3 rings (SSSR count). The third kappa shape index (κ3) is 6.32. The quantitative estimate of drug-likeness (QED) is 0.680. The van der Waals surface area contributed by atoms with Crippen LogP contribution >= 0.6 is 0 Å².